The number of piperidine rings is 1. The summed E-state index contributed by atoms with van der Waals surface area (Å²) in [5, 5.41) is 10.4. The van der Waals surface area contributed by atoms with Crippen molar-refractivity contribution in [1.82, 2.24) is 9.88 Å². The first-order valence-corrected chi connectivity index (χ1v) is 11.4. The summed E-state index contributed by atoms with van der Waals surface area (Å²) in [6.45, 7) is 2.36. The van der Waals surface area contributed by atoms with Crippen LogP contribution in [0.3, 0.4) is 0 Å². The molecule has 2 heterocycles. The molecule has 0 saturated carbocycles. The highest BCUT2D eigenvalue weighted by atomic mass is 32.2. The molecular formula is C22H29FN2O3S. The molecule has 1 aromatic carbocycles. The molecule has 158 valence electrons. The second-order valence-electron chi connectivity index (χ2n) is 7.62. The Labute approximate surface area is 175 Å². The molecule has 2 aromatic rings. The first kappa shape index (κ1) is 21.8. The first-order chi connectivity index (χ1) is 14.0. The van der Waals surface area contributed by atoms with Crippen molar-refractivity contribution in [3.8, 4) is 5.75 Å². The van der Waals surface area contributed by atoms with E-state index >= 15 is 4.39 Å². The van der Waals surface area contributed by atoms with Gasteiger partial charge in [-0.15, -0.1) is 0 Å². The highest BCUT2D eigenvalue weighted by molar-refractivity contribution is 7.98. The third kappa shape index (κ3) is 5.39. The first-order valence-electron chi connectivity index (χ1n) is 10.0. The smallest absolute Gasteiger partial charge is 0.308 e. The Kier molecular flexibility index (Phi) is 7.72. The zero-order valence-corrected chi connectivity index (χ0v) is 17.8. The Balaban J connectivity index is 1.67. The molecule has 1 aromatic heterocycles. The maximum Gasteiger partial charge on any atom is 0.308 e. The number of ether oxygens (including phenoxy) is 1. The molecule has 0 radical (unpaired) electrons. The number of rotatable bonds is 9. The summed E-state index contributed by atoms with van der Waals surface area (Å²) < 4.78 is 20.5. The number of methoxy groups -OCH3 is 1. The number of halogens is 1. The SMILES string of the molecule is COc1ccc2nccc([C@H](F)CC[C@@H]3CCN(CCSC)C[C@@H]3C(=O)O)c2c1. The molecule has 0 aliphatic carbocycles. The summed E-state index contributed by atoms with van der Waals surface area (Å²) in [7, 11) is 1.59. The topological polar surface area (TPSA) is 62.7 Å². The average Bonchev–Trinajstić information content (AvgIpc) is 2.75. The van der Waals surface area contributed by atoms with E-state index in [1.165, 1.54) is 0 Å². The summed E-state index contributed by atoms with van der Waals surface area (Å²) in [4.78, 5) is 18.3. The van der Waals surface area contributed by atoms with Crippen LogP contribution in [0.5, 0.6) is 5.75 Å². The van der Waals surface area contributed by atoms with E-state index in [0.29, 0.717) is 30.7 Å². The van der Waals surface area contributed by atoms with E-state index in [1.807, 2.05) is 18.2 Å². The standard InChI is InChI=1S/C22H29FN2O3S/c1-28-16-4-6-21-18(13-16)17(7-9-24-21)20(23)5-3-15-8-10-25(11-12-29-2)14-19(15)22(26)27/h4,6-7,9,13,15,19-20H,3,5,8,10-12,14H2,1-2H3,(H,26,27)/t15-,19+,20-/m1/s1. The minimum Gasteiger partial charge on any atom is -0.497 e. The molecule has 5 nitrogen and oxygen atoms in total. The molecule has 7 heteroatoms. The van der Waals surface area contributed by atoms with Crippen molar-refractivity contribution in [2.24, 2.45) is 11.8 Å². The van der Waals surface area contributed by atoms with E-state index < -0.39 is 18.1 Å². The van der Waals surface area contributed by atoms with E-state index in [4.69, 9.17) is 4.74 Å². The van der Waals surface area contributed by atoms with Crippen molar-refractivity contribution in [2.75, 3.05) is 38.8 Å². The van der Waals surface area contributed by atoms with E-state index in [-0.39, 0.29) is 5.92 Å². The molecule has 1 aliphatic rings. The number of benzene rings is 1. The Bertz CT molecular complexity index is 835. The number of pyridine rings is 1. The number of nitrogens with zero attached hydrogens (tertiary/aromatic N) is 2. The molecule has 0 bridgehead atoms. The molecule has 1 N–H and O–H groups in total. The van der Waals surface area contributed by atoms with Crippen molar-refractivity contribution in [3.63, 3.8) is 0 Å². The number of hydrogen-bond donors (Lipinski definition) is 1. The predicted octanol–water partition coefficient (Wildman–Crippen LogP) is 4.42. The lowest BCUT2D eigenvalue weighted by Crippen LogP contribution is -2.44. The number of carboxylic acid groups (broad SMARTS) is 1. The third-order valence-electron chi connectivity index (χ3n) is 5.88. The highest BCUT2D eigenvalue weighted by Gasteiger charge is 2.34. The lowest BCUT2D eigenvalue weighted by atomic mass is 9.81. The largest absolute Gasteiger partial charge is 0.497 e. The summed E-state index contributed by atoms with van der Waals surface area (Å²) in [6, 6.07) is 7.17. The molecule has 1 saturated heterocycles. The fourth-order valence-electron chi connectivity index (χ4n) is 4.18. The van der Waals surface area contributed by atoms with Crippen LogP contribution >= 0.6 is 11.8 Å². The molecule has 0 unspecified atom stereocenters. The van der Waals surface area contributed by atoms with E-state index in [2.05, 4.69) is 16.1 Å². The van der Waals surface area contributed by atoms with Gasteiger partial charge in [-0.1, -0.05) is 0 Å². The van der Waals surface area contributed by atoms with Gasteiger partial charge in [0.05, 0.1) is 18.5 Å². The van der Waals surface area contributed by atoms with Gasteiger partial charge in [-0.2, -0.15) is 11.8 Å². The van der Waals surface area contributed by atoms with Crippen LogP contribution in [0.2, 0.25) is 0 Å². The molecular weight excluding hydrogens is 391 g/mol. The number of likely N-dealkylation sites (tertiary alicyclic amines) is 1. The minimum atomic E-state index is -1.16. The van der Waals surface area contributed by atoms with Crippen molar-refractivity contribution in [3.05, 3.63) is 36.0 Å². The van der Waals surface area contributed by atoms with Gasteiger partial charge in [0.15, 0.2) is 0 Å². The molecule has 3 rings (SSSR count). The van der Waals surface area contributed by atoms with Gasteiger partial charge in [-0.05, 0) is 67.8 Å². The number of alkyl halides is 1. The van der Waals surface area contributed by atoms with Crippen molar-refractivity contribution in [2.45, 2.75) is 25.4 Å². The van der Waals surface area contributed by atoms with E-state index in [9.17, 15) is 9.90 Å². The van der Waals surface area contributed by atoms with Gasteiger partial charge in [0.1, 0.15) is 11.9 Å². The number of thioether (sulfide) groups is 1. The fraction of sp³-hybridized carbons (Fsp3) is 0.545. The zero-order valence-electron chi connectivity index (χ0n) is 17.0. The van der Waals surface area contributed by atoms with Gasteiger partial charge in [0, 0.05) is 30.4 Å². The second kappa shape index (κ2) is 10.3. The fourth-order valence-corrected chi connectivity index (χ4v) is 4.62. The van der Waals surface area contributed by atoms with E-state index in [1.54, 1.807) is 31.1 Å². The Morgan fingerprint density at radius 2 is 2.28 bits per heavy atom. The predicted molar refractivity (Wildman–Crippen MR) is 115 cm³/mol. The molecule has 1 aliphatic heterocycles. The van der Waals surface area contributed by atoms with Crippen LogP contribution in [0.4, 0.5) is 4.39 Å². The zero-order chi connectivity index (χ0) is 20.8. The maximum atomic E-state index is 15.2. The van der Waals surface area contributed by atoms with Gasteiger partial charge in [-0.3, -0.25) is 9.78 Å². The van der Waals surface area contributed by atoms with Gasteiger partial charge >= 0.3 is 5.97 Å². The van der Waals surface area contributed by atoms with Gasteiger partial charge in [0.25, 0.3) is 0 Å². The highest BCUT2D eigenvalue weighted by Crippen LogP contribution is 2.35. The van der Waals surface area contributed by atoms with Gasteiger partial charge < -0.3 is 14.7 Å². The number of carbonyl (C=O) groups is 1. The number of fused-ring (bicyclic) bond motifs is 1. The normalized spacial score (nSPS) is 21.2. The molecule has 0 amide bonds. The number of hydrogen-bond acceptors (Lipinski definition) is 5. The summed E-state index contributed by atoms with van der Waals surface area (Å²) in [5.41, 5.74) is 1.33. The van der Waals surface area contributed by atoms with Crippen LogP contribution in [0.1, 0.15) is 31.0 Å². The molecule has 29 heavy (non-hydrogen) atoms. The maximum absolute atomic E-state index is 15.2. The molecule has 1 fully saturated rings. The molecule has 0 spiro atoms. The summed E-state index contributed by atoms with van der Waals surface area (Å²) in [5.74, 6) is 0.495. The molecule has 3 atom stereocenters. The third-order valence-corrected chi connectivity index (χ3v) is 6.47. The van der Waals surface area contributed by atoms with Crippen LogP contribution < -0.4 is 4.74 Å². The minimum absolute atomic E-state index is 0.0129. The number of aliphatic carboxylic acids is 1. The van der Waals surface area contributed by atoms with Crippen molar-refractivity contribution in [1.29, 1.82) is 0 Å². The van der Waals surface area contributed by atoms with E-state index in [0.717, 1.165) is 36.2 Å². The van der Waals surface area contributed by atoms with Gasteiger partial charge in [-0.25, -0.2) is 4.39 Å². The average molecular weight is 421 g/mol. The number of carboxylic acids is 1. The van der Waals surface area contributed by atoms with Gasteiger partial charge in [0.2, 0.25) is 0 Å². The quantitative estimate of drug-likeness (QED) is 0.648. The Hall–Kier alpha value is -1.86. The number of aromatic nitrogens is 1. The lowest BCUT2D eigenvalue weighted by molar-refractivity contribution is -0.146. The van der Waals surface area contributed by atoms with Crippen LogP contribution in [-0.2, 0) is 4.79 Å². The van der Waals surface area contributed by atoms with Crippen LogP contribution in [0, 0.1) is 11.8 Å². The van der Waals surface area contributed by atoms with Crippen molar-refractivity contribution >= 4 is 28.6 Å². The van der Waals surface area contributed by atoms with Crippen molar-refractivity contribution < 1.29 is 19.0 Å². The van der Waals surface area contributed by atoms with Crippen LogP contribution in [-0.4, -0.2) is 59.7 Å². The lowest BCUT2D eigenvalue weighted by Gasteiger charge is -2.36. The second-order valence-corrected chi connectivity index (χ2v) is 8.60. The summed E-state index contributed by atoms with van der Waals surface area (Å²) in [6.07, 6.45) is 4.22. The summed E-state index contributed by atoms with van der Waals surface area (Å²) >= 11 is 1.77. The van der Waals surface area contributed by atoms with Crippen LogP contribution in [0.25, 0.3) is 10.9 Å². The van der Waals surface area contributed by atoms with Crippen LogP contribution in [0.15, 0.2) is 30.5 Å². The Morgan fingerprint density at radius 1 is 1.45 bits per heavy atom. The monoisotopic (exact) mass is 420 g/mol. The Morgan fingerprint density at radius 3 is 3.00 bits per heavy atom.